The minimum atomic E-state index is -0.705. The highest BCUT2D eigenvalue weighted by Gasteiger charge is 2.42. The van der Waals surface area contributed by atoms with Crippen LogP contribution in [0.5, 0.6) is 28.7 Å². The molecule has 1 aliphatic heterocycles. The smallest absolute Gasteiger partial charge is 0.310 e. The number of benzene rings is 2. The second kappa shape index (κ2) is 8.37. The second-order valence-corrected chi connectivity index (χ2v) is 7.21. The molecule has 2 aliphatic rings. The molecular weight excluding hydrogens is 404 g/mol. The lowest BCUT2D eigenvalue weighted by atomic mass is 9.71. The maximum absolute atomic E-state index is 13.0. The highest BCUT2D eigenvalue weighted by atomic mass is 16.7. The summed E-state index contributed by atoms with van der Waals surface area (Å²) < 4.78 is 32.7. The summed E-state index contributed by atoms with van der Waals surface area (Å²) in [4.78, 5) is 25.8. The van der Waals surface area contributed by atoms with E-state index in [0.717, 1.165) is 5.56 Å². The van der Waals surface area contributed by atoms with Crippen molar-refractivity contribution in [3.8, 4) is 28.7 Å². The molecule has 164 valence electrons. The molecule has 0 saturated heterocycles. The van der Waals surface area contributed by atoms with Crippen LogP contribution in [0.15, 0.2) is 24.3 Å². The van der Waals surface area contributed by atoms with Crippen molar-refractivity contribution in [1.82, 2.24) is 0 Å². The molecule has 0 saturated carbocycles. The summed E-state index contributed by atoms with van der Waals surface area (Å²) in [6, 6.07) is 7.05. The third-order valence-corrected chi connectivity index (χ3v) is 5.62. The Morgan fingerprint density at radius 1 is 1.00 bits per heavy atom. The van der Waals surface area contributed by atoms with Crippen LogP contribution in [0.1, 0.15) is 40.7 Å². The molecule has 0 radical (unpaired) electrons. The van der Waals surface area contributed by atoms with E-state index in [0.29, 0.717) is 39.9 Å². The number of carbonyl (C=O) groups is 2. The van der Waals surface area contributed by atoms with Crippen molar-refractivity contribution in [3.05, 3.63) is 41.0 Å². The topological polar surface area (TPSA) is 89.5 Å². The summed E-state index contributed by atoms with van der Waals surface area (Å²) in [5.74, 6) is 0.654. The fourth-order valence-electron chi connectivity index (χ4n) is 4.26. The van der Waals surface area contributed by atoms with Gasteiger partial charge >= 0.3 is 5.97 Å². The van der Waals surface area contributed by atoms with Crippen molar-refractivity contribution >= 4 is 11.8 Å². The molecule has 31 heavy (non-hydrogen) atoms. The van der Waals surface area contributed by atoms with Gasteiger partial charge in [0.2, 0.25) is 12.5 Å². The van der Waals surface area contributed by atoms with Gasteiger partial charge in [0.1, 0.15) is 0 Å². The number of ether oxygens (including phenoxy) is 6. The Balaban J connectivity index is 1.93. The van der Waals surface area contributed by atoms with E-state index in [1.165, 1.54) is 21.3 Å². The number of ketones is 1. The van der Waals surface area contributed by atoms with E-state index in [9.17, 15) is 9.59 Å². The lowest BCUT2D eigenvalue weighted by molar-refractivity contribution is -0.148. The Morgan fingerprint density at radius 3 is 2.23 bits per heavy atom. The van der Waals surface area contributed by atoms with Gasteiger partial charge in [-0.05, 0) is 42.3 Å². The Hall–Kier alpha value is -3.42. The number of carbonyl (C=O) groups excluding carboxylic acids is 2. The maximum atomic E-state index is 13.0. The maximum Gasteiger partial charge on any atom is 0.310 e. The average molecular weight is 428 g/mol. The van der Waals surface area contributed by atoms with Gasteiger partial charge in [0.05, 0.1) is 33.9 Å². The first kappa shape index (κ1) is 20.8. The molecule has 0 fully saturated rings. The van der Waals surface area contributed by atoms with Gasteiger partial charge in [0.15, 0.2) is 28.8 Å². The normalized spacial score (nSPS) is 18.9. The summed E-state index contributed by atoms with van der Waals surface area (Å²) in [6.07, 6.45) is 0.0206. The lowest BCUT2D eigenvalue weighted by Gasteiger charge is -2.32. The third kappa shape index (κ3) is 3.52. The van der Waals surface area contributed by atoms with Gasteiger partial charge in [0.25, 0.3) is 0 Å². The Labute approximate surface area is 179 Å². The summed E-state index contributed by atoms with van der Waals surface area (Å²) in [7, 11) is 4.58. The number of hydrogen-bond acceptors (Lipinski definition) is 8. The molecule has 0 aromatic heterocycles. The Bertz CT molecular complexity index is 1000. The molecule has 0 spiro atoms. The van der Waals surface area contributed by atoms with Crippen molar-refractivity contribution < 1.29 is 38.0 Å². The van der Waals surface area contributed by atoms with Crippen LogP contribution in [0.2, 0.25) is 0 Å². The number of methoxy groups -OCH3 is 3. The number of hydrogen-bond donors (Lipinski definition) is 0. The zero-order valence-corrected chi connectivity index (χ0v) is 17.9. The van der Waals surface area contributed by atoms with E-state index in [-0.39, 0.29) is 25.6 Å². The van der Waals surface area contributed by atoms with Gasteiger partial charge in [-0.1, -0.05) is 0 Å². The lowest BCUT2D eigenvalue weighted by Crippen LogP contribution is -2.33. The van der Waals surface area contributed by atoms with Crippen LogP contribution >= 0.6 is 0 Å². The second-order valence-electron chi connectivity index (χ2n) is 7.21. The minimum Gasteiger partial charge on any atom is -0.493 e. The standard InChI is InChI=1S/C23H24O8/c1-5-29-23(25)15-8-16(24)13-9-17-18(31-11-30-17)10-14(13)21(15)12-6-19(26-2)22(28-4)20(7-12)27-3/h6-7,9-10,15,21H,5,8,11H2,1-4H3/t15-,21+/m0/s1. The van der Waals surface area contributed by atoms with Crippen LogP contribution in [0.25, 0.3) is 0 Å². The van der Waals surface area contributed by atoms with Gasteiger partial charge in [-0.25, -0.2) is 0 Å². The highest BCUT2D eigenvalue weighted by Crippen LogP contribution is 2.49. The number of Topliss-reactive ketones (excluding diaryl/α,β-unsaturated/α-hetero) is 1. The van der Waals surface area contributed by atoms with Crippen LogP contribution in [0, 0.1) is 5.92 Å². The van der Waals surface area contributed by atoms with E-state index in [4.69, 9.17) is 28.4 Å². The third-order valence-electron chi connectivity index (χ3n) is 5.62. The van der Waals surface area contributed by atoms with Crippen LogP contribution < -0.4 is 23.7 Å². The monoisotopic (exact) mass is 428 g/mol. The number of esters is 1. The van der Waals surface area contributed by atoms with E-state index in [2.05, 4.69) is 0 Å². The molecule has 0 unspecified atom stereocenters. The van der Waals surface area contributed by atoms with Crippen LogP contribution in [-0.4, -0.2) is 46.5 Å². The van der Waals surface area contributed by atoms with E-state index < -0.39 is 17.8 Å². The van der Waals surface area contributed by atoms with Crippen molar-refractivity contribution in [2.45, 2.75) is 19.3 Å². The molecule has 1 aliphatic carbocycles. The first-order valence-corrected chi connectivity index (χ1v) is 9.95. The predicted octanol–water partition coefficient (Wildman–Crippen LogP) is 3.34. The molecule has 8 nitrogen and oxygen atoms in total. The molecule has 2 aromatic rings. The van der Waals surface area contributed by atoms with Crippen LogP contribution in [0.4, 0.5) is 0 Å². The zero-order valence-electron chi connectivity index (χ0n) is 17.9. The van der Waals surface area contributed by atoms with Crippen molar-refractivity contribution in [1.29, 1.82) is 0 Å². The van der Waals surface area contributed by atoms with Crippen LogP contribution in [0.3, 0.4) is 0 Å². The number of fused-ring (bicyclic) bond motifs is 2. The quantitative estimate of drug-likeness (QED) is 0.648. The first-order valence-electron chi connectivity index (χ1n) is 9.95. The molecule has 0 amide bonds. The fraction of sp³-hybridized carbons (Fsp3) is 0.391. The SMILES string of the molecule is CCOC(=O)[C@H]1CC(=O)c2cc3c(cc2[C@H]1c1cc(OC)c(OC)c(OC)c1)OCO3. The minimum absolute atomic E-state index is 0.0206. The van der Waals surface area contributed by atoms with Gasteiger partial charge in [-0.3, -0.25) is 9.59 Å². The van der Waals surface area contributed by atoms with Gasteiger partial charge < -0.3 is 28.4 Å². The average Bonchev–Trinajstić information content (AvgIpc) is 3.24. The molecule has 0 bridgehead atoms. The molecule has 8 heteroatoms. The predicted molar refractivity (Wildman–Crippen MR) is 110 cm³/mol. The molecule has 0 N–H and O–H groups in total. The fourth-order valence-corrected chi connectivity index (χ4v) is 4.26. The first-order chi connectivity index (χ1) is 15.0. The Morgan fingerprint density at radius 2 is 1.65 bits per heavy atom. The van der Waals surface area contributed by atoms with Crippen molar-refractivity contribution in [2.24, 2.45) is 5.92 Å². The largest absolute Gasteiger partial charge is 0.493 e. The van der Waals surface area contributed by atoms with Gasteiger partial charge in [-0.15, -0.1) is 0 Å². The van der Waals surface area contributed by atoms with Crippen LogP contribution in [-0.2, 0) is 9.53 Å². The number of rotatable bonds is 6. The molecular formula is C23H24O8. The summed E-state index contributed by atoms with van der Waals surface area (Å²) in [5, 5.41) is 0. The summed E-state index contributed by atoms with van der Waals surface area (Å²) in [6.45, 7) is 2.05. The van der Waals surface area contributed by atoms with Gasteiger partial charge in [-0.2, -0.15) is 0 Å². The molecule has 1 heterocycles. The Kier molecular flexibility index (Phi) is 5.63. The van der Waals surface area contributed by atoms with Gasteiger partial charge in [0, 0.05) is 17.9 Å². The van der Waals surface area contributed by atoms with Crippen molar-refractivity contribution in [2.75, 3.05) is 34.7 Å². The van der Waals surface area contributed by atoms with E-state index in [1.54, 1.807) is 31.2 Å². The molecule has 2 atom stereocenters. The van der Waals surface area contributed by atoms with E-state index >= 15 is 0 Å². The highest BCUT2D eigenvalue weighted by molar-refractivity contribution is 6.02. The summed E-state index contributed by atoms with van der Waals surface area (Å²) in [5.41, 5.74) is 1.91. The van der Waals surface area contributed by atoms with Crippen molar-refractivity contribution in [3.63, 3.8) is 0 Å². The summed E-state index contributed by atoms with van der Waals surface area (Å²) >= 11 is 0. The molecule has 2 aromatic carbocycles. The molecule has 4 rings (SSSR count). The zero-order chi connectivity index (χ0) is 22.1. The van der Waals surface area contributed by atoms with E-state index in [1.807, 2.05) is 0 Å².